The van der Waals surface area contributed by atoms with Crippen molar-refractivity contribution in [2.75, 3.05) is 19.7 Å². The van der Waals surface area contributed by atoms with Gasteiger partial charge in [0, 0.05) is 55.4 Å². The normalized spacial score (nSPS) is 19.6. The van der Waals surface area contributed by atoms with Crippen LogP contribution < -0.4 is 5.32 Å². The molecular formula is C22H26N4O3S. The third kappa shape index (κ3) is 5.33. The molecule has 0 spiro atoms. The molecular weight excluding hydrogens is 400 g/mol. The van der Waals surface area contributed by atoms with Gasteiger partial charge in [-0.05, 0) is 30.0 Å². The third-order valence-corrected chi connectivity index (χ3v) is 6.15. The fraction of sp³-hybridized carbons (Fsp3) is 0.409. The highest BCUT2D eigenvalue weighted by Gasteiger charge is 2.30. The molecule has 1 saturated heterocycles. The molecule has 3 heterocycles. The van der Waals surface area contributed by atoms with Crippen molar-refractivity contribution in [1.29, 1.82) is 0 Å². The summed E-state index contributed by atoms with van der Waals surface area (Å²) in [6.45, 7) is 2.57. The van der Waals surface area contributed by atoms with E-state index >= 15 is 0 Å². The van der Waals surface area contributed by atoms with Crippen LogP contribution in [-0.2, 0) is 17.8 Å². The average Bonchev–Trinajstić information content (AvgIpc) is 3.45. The van der Waals surface area contributed by atoms with Crippen LogP contribution in [0.25, 0.3) is 11.5 Å². The second-order valence-corrected chi connectivity index (χ2v) is 8.42. The minimum Gasteiger partial charge on any atom is -0.421 e. The van der Waals surface area contributed by atoms with Gasteiger partial charge < -0.3 is 14.8 Å². The average molecular weight is 427 g/mol. The van der Waals surface area contributed by atoms with E-state index in [0.717, 1.165) is 31.6 Å². The van der Waals surface area contributed by atoms with Crippen LogP contribution in [0.5, 0.6) is 0 Å². The Hall–Kier alpha value is -2.55. The molecule has 2 atom stereocenters. The van der Waals surface area contributed by atoms with Crippen LogP contribution in [0, 0.1) is 5.92 Å². The van der Waals surface area contributed by atoms with Gasteiger partial charge >= 0.3 is 0 Å². The van der Waals surface area contributed by atoms with Crippen molar-refractivity contribution >= 4 is 17.2 Å². The zero-order chi connectivity index (χ0) is 20.8. The molecule has 0 bridgehead atoms. The smallest absolute Gasteiger partial charge is 0.248 e. The molecule has 0 saturated carbocycles. The van der Waals surface area contributed by atoms with Crippen LogP contribution in [0.1, 0.15) is 24.3 Å². The Bertz CT molecular complexity index is 929. The molecule has 0 unspecified atom stereocenters. The molecule has 3 aromatic rings. The number of aryl methyl sites for hydroxylation is 1. The summed E-state index contributed by atoms with van der Waals surface area (Å²) in [6.07, 6.45) is 1.54. The van der Waals surface area contributed by atoms with Gasteiger partial charge in [-0.15, -0.1) is 10.2 Å². The van der Waals surface area contributed by atoms with Gasteiger partial charge in [-0.25, -0.2) is 0 Å². The standard InChI is InChI=1S/C22H26N4O3S/c27-14-17-8-10-26(12-16-4-2-1-3-5-16)13-19(17)23-20(28)6-7-21-24-25-22(29-21)18-9-11-30-15-18/h1-5,9,11,15,17,19,27H,6-8,10,12-14H2,(H,23,28)/t17-,19+/m0/s1. The van der Waals surface area contributed by atoms with E-state index in [2.05, 4.69) is 32.5 Å². The van der Waals surface area contributed by atoms with Crippen molar-refractivity contribution in [2.24, 2.45) is 5.92 Å². The number of aliphatic hydroxyl groups is 1. The van der Waals surface area contributed by atoms with Gasteiger partial charge in [0.2, 0.25) is 17.7 Å². The second kappa shape index (κ2) is 9.97. The minimum absolute atomic E-state index is 0.0599. The SMILES string of the molecule is O=C(CCc1nnc(-c2ccsc2)o1)N[C@@H]1CN(Cc2ccccc2)CC[C@H]1CO. The fourth-order valence-corrected chi connectivity index (χ4v) is 4.42. The Labute approximate surface area is 179 Å². The third-order valence-electron chi connectivity index (χ3n) is 5.47. The largest absolute Gasteiger partial charge is 0.421 e. The summed E-state index contributed by atoms with van der Waals surface area (Å²) >= 11 is 1.57. The summed E-state index contributed by atoms with van der Waals surface area (Å²) in [4.78, 5) is 14.9. The quantitative estimate of drug-likeness (QED) is 0.576. The summed E-state index contributed by atoms with van der Waals surface area (Å²) in [5.41, 5.74) is 2.15. The van der Waals surface area contributed by atoms with Gasteiger partial charge in [0.15, 0.2) is 0 Å². The Morgan fingerprint density at radius 3 is 2.90 bits per heavy atom. The number of nitrogens with one attached hydrogen (secondary N) is 1. The van der Waals surface area contributed by atoms with Crippen molar-refractivity contribution in [1.82, 2.24) is 20.4 Å². The van der Waals surface area contributed by atoms with Crippen molar-refractivity contribution in [3.8, 4) is 11.5 Å². The molecule has 2 aromatic heterocycles. The molecule has 4 rings (SSSR count). The summed E-state index contributed by atoms with van der Waals surface area (Å²) in [6, 6.07) is 12.2. The Morgan fingerprint density at radius 2 is 2.13 bits per heavy atom. The van der Waals surface area contributed by atoms with E-state index in [-0.39, 0.29) is 30.9 Å². The van der Waals surface area contributed by atoms with Gasteiger partial charge in [0.25, 0.3) is 0 Å². The topological polar surface area (TPSA) is 91.5 Å². The number of carbonyl (C=O) groups excluding carboxylic acids is 1. The molecule has 30 heavy (non-hydrogen) atoms. The van der Waals surface area contributed by atoms with E-state index in [9.17, 15) is 9.90 Å². The number of carbonyl (C=O) groups is 1. The first-order valence-electron chi connectivity index (χ1n) is 10.2. The molecule has 1 aliphatic rings. The Morgan fingerprint density at radius 1 is 1.27 bits per heavy atom. The van der Waals surface area contributed by atoms with E-state index in [4.69, 9.17) is 4.42 Å². The van der Waals surface area contributed by atoms with Crippen molar-refractivity contribution < 1.29 is 14.3 Å². The number of piperidine rings is 1. The first-order valence-corrected chi connectivity index (χ1v) is 11.2. The molecule has 0 aliphatic carbocycles. The van der Waals surface area contributed by atoms with Crippen LogP contribution in [-0.4, -0.2) is 51.8 Å². The highest BCUT2D eigenvalue weighted by Crippen LogP contribution is 2.22. The molecule has 1 aromatic carbocycles. The van der Waals surface area contributed by atoms with Crippen LogP contribution in [0.4, 0.5) is 0 Å². The maximum atomic E-state index is 12.5. The first kappa shape index (κ1) is 20.7. The number of aliphatic hydroxyl groups excluding tert-OH is 1. The lowest BCUT2D eigenvalue weighted by Crippen LogP contribution is -2.53. The van der Waals surface area contributed by atoms with Crippen molar-refractivity contribution in [3.05, 3.63) is 58.6 Å². The van der Waals surface area contributed by atoms with Gasteiger partial charge in [-0.3, -0.25) is 9.69 Å². The molecule has 7 nitrogen and oxygen atoms in total. The zero-order valence-corrected chi connectivity index (χ0v) is 17.6. The molecule has 158 valence electrons. The lowest BCUT2D eigenvalue weighted by molar-refractivity contribution is -0.122. The van der Waals surface area contributed by atoms with E-state index in [1.54, 1.807) is 11.3 Å². The highest BCUT2D eigenvalue weighted by molar-refractivity contribution is 7.08. The van der Waals surface area contributed by atoms with Crippen LogP contribution in [0.15, 0.2) is 51.6 Å². The predicted molar refractivity (Wildman–Crippen MR) is 115 cm³/mol. The predicted octanol–water partition coefficient (Wildman–Crippen LogP) is 2.73. The number of nitrogens with zero attached hydrogens (tertiary/aromatic N) is 3. The van der Waals surface area contributed by atoms with E-state index in [1.807, 2.05) is 35.0 Å². The van der Waals surface area contributed by atoms with Gasteiger partial charge in [0.05, 0.1) is 0 Å². The van der Waals surface area contributed by atoms with Gasteiger partial charge in [0.1, 0.15) is 0 Å². The molecule has 0 radical (unpaired) electrons. The number of thiophene rings is 1. The second-order valence-electron chi connectivity index (χ2n) is 7.64. The number of likely N-dealkylation sites (tertiary alicyclic amines) is 1. The summed E-state index contributed by atoms with van der Waals surface area (Å²) in [7, 11) is 0. The molecule has 1 fully saturated rings. The number of hydrogen-bond donors (Lipinski definition) is 2. The highest BCUT2D eigenvalue weighted by atomic mass is 32.1. The van der Waals surface area contributed by atoms with Crippen LogP contribution >= 0.6 is 11.3 Å². The lowest BCUT2D eigenvalue weighted by Gasteiger charge is -2.38. The monoisotopic (exact) mass is 426 g/mol. The van der Waals surface area contributed by atoms with Gasteiger partial charge in [-0.1, -0.05) is 30.3 Å². The van der Waals surface area contributed by atoms with Crippen LogP contribution in [0.2, 0.25) is 0 Å². The number of amides is 1. The molecule has 1 aliphatic heterocycles. The zero-order valence-electron chi connectivity index (χ0n) is 16.7. The summed E-state index contributed by atoms with van der Waals surface area (Å²) in [5.74, 6) is 0.958. The maximum Gasteiger partial charge on any atom is 0.248 e. The Kier molecular flexibility index (Phi) is 6.88. The first-order chi connectivity index (χ1) is 14.7. The van der Waals surface area contributed by atoms with E-state index in [0.29, 0.717) is 18.2 Å². The fourth-order valence-electron chi connectivity index (χ4n) is 3.79. The van der Waals surface area contributed by atoms with E-state index < -0.39 is 0 Å². The number of benzene rings is 1. The molecule has 8 heteroatoms. The number of hydrogen-bond acceptors (Lipinski definition) is 7. The molecule has 2 N–H and O–H groups in total. The maximum absolute atomic E-state index is 12.5. The lowest BCUT2D eigenvalue weighted by atomic mass is 9.91. The number of aromatic nitrogens is 2. The summed E-state index contributed by atoms with van der Waals surface area (Å²) in [5, 5.41) is 24.8. The number of rotatable bonds is 8. The van der Waals surface area contributed by atoms with Crippen molar-refractivity contribution in [3.63, 3.8) is 0 Å². The Balaban J connectivity index is 1.29. The van der Waals surface area contributed by atoms with Gasteiger partial charge in [-0.2, -0.15) is 11.3 Å². The van der Waals surface area contributed by atoms with E-state index in [1.165, 1.54) is 5.56 Å². The molecule has 1 amide bonds. The van der Waals surface area contributed by atoms with Crippen LogP contribution in [0.3, 0.4) is 0 Å². The minimum atomic E-state index is -0.0657. The van der Waals surface area contributed by atoms with Crippen molar-refractivity contribution in [2.45, 2.75) is 31.8 Å². The summed E-state index contributed by atoms with van der Waals surface area (Å²) < 4.78 is 5.65.